The molecule has 10 aromatic rings. The van der Waals surface area contributed by atoms with E-state index in [2.05, 4.69) is 76.3 Å². The lowest BCUT2D eigenvalue weighted by atomic mass is 9.89. The van der Waals surface area contributed by atoms with Gasteiger partial charge in [-0.2, -0.15) is 0 Å². The van der Waals surface area contributed by atoms with Gasteiger partial charge in [0.05, 0.1) is 22.3 Å². The van der Waals surface area contributed by atoms with E-state index in [9.17, 15) is 0 Å². The van der Waals surface area contributed by atoms with Gasteiger partial charge in [0.15, 0.2) is 34.9 Å². The third kappa shape index (κ3) is 4.97. The van der Waals surface area contributed by atoms with Crippen molar-refractivity contribution in [2.45, 2.75) is 0 Å². The monoisotopic (exact) mass is 672 g/mol. The summed E-state index contributed by atoms with van der Waals surface area (Å²) < 4.78 is 0. The van der Waals surface area contributed by atoms with Crippen molar-refractivity contribution in [3.63, 3.8) is 0 Å². The summed E-state index contributed by atoms with van der Waals surface area (Å²) in [6, 6.07) is 16.7. The van der Waals surface area contributed by atoms with Gasteiger partial charge in [0.2, 0.25) is 0 Å². The highest BCUT2D eigenvalue weighted by atomic mass is 15.1. The first-order chi connectivity index (χ1) is 25.8. The maximum Gasteiger partial charge on any atom is 0.167 e. The van der Waals surface area contributed by atoms with Crippen molar-refractivity contribution in [3.05, 3.63) is 123 Å². The molecule has 0 radical (unpaired) electrons. The van der Waals surface area contributed by atoms with Crippen molar-refractivity contribution in [2.24, 2.45) is 0 Å². The minimum atomic E-state index is 0.437. The average Bonchev–Trinajstić information content (AvgIpc) is 3.23. The zero-order valence-corrected chi connectivity index (χ0v) is 26.8. The summed E-state index contributed by atoms with van der Waals surface area (Å²) >= 11 is 0. The summed E-state index contributed by atoms with van der Waals surface area (Å²) in [5, 5.41) is 6.21. The van der Waals surface area contributed by atoms with Crippen molar-refractivity contribution in [1.29, 1.82) is 0 Å². The normalized spacial score (nSPS) is 11.5. The van der Waals surface area contributed by atoms with Gasteiger partial charge in [-0.1, -0.05) is 36.4 Å². The zero-order chi connectivity index (χ0) is 34.4. The molecule has 0 atom stereocenters. The summed E-state index contributed by atoms with van der Waals surface area (Å²) in [4.78, 5) is 62.7. The molecule has 52 heavy (non-hydrogen) atoms. The standard InChI is InChI=1S/C38H20N14/c1-5-27-29(37-49-33(23-9-39-17-40-10-23)47-34(50-37)24-11-41-18-42-12-24)8-4-22-2-6-28-30(7-3-21(1)31(28)32(22)27)38-51-35(25-13-43-19-44-14-25)48-36(52-38)26-15-45-20-46-16-26/h1-20H. The van der Waals surface area contributed by atoms with Crippen LogP contribution in [-0.4, -0.2) is 69.8 Å². The largest absolute Gasteiger partial charge is 0.244 e. The highest BCUT2D eigenvalue weighted by molar-refractivity contribution is 6.27. The lowest BCUT2D eigenvalue weighted by Gasteiger charge is -2.16. The Morgan fingerprint density at radius 2 is 0.538 bits per heavy atom. The SMILES string of the molecule is c1ncc(-c2nc(-c3cncnc3)nc(-c3ccc4ccc5c(-c6nc(-c7cncnc7)nc(-c7cncnc7)n6)ccc6ccc3c4c65)n2)cn1. The first-order valence-corrected chi connectivity index (χ1v) is 16.0. The quantitative estimate of drug-likeness (QED) is 0.184. The Balaban J connectivity index is 1.20. The summed E-state index contributed by atoms with van der Waals surface area (Å²) in [7, 11) is 0. The Morgan fingerprint density at radius 1 is 0.269 bits per heavy atom. The van der Waals surface area contributed by atoms with Crippen LogP contribution in [0.3, 0.4) is 0 Å². The summed E-state index contributed by atoms with van der Waals surface area (Å²) in [5.41, 5.74) is 4.31. The van der Waals surface area contributed by atoms with E-state index < -0.39 is 0 Å². The minimum Gasteiger partial charge on any atom is -0.244 e. The third-order valence-electron chi connectivity index (χ3n) is 8.69. The number of benzene rings is 4. The molecule has 6 heterocycles. The molecule has 4 aromatic carbocycles. The van der Waals surface area contributed by atoms with E-state index in [0.29, 0.717) is 57.2 Å². The van der Waals surface area contributed by atoms with Crippen LogP contribution in [0.5, 0.6) is 0 Å². The number of rotatable bonds is 6. The zero-order valence-electron chi connectivity index (χ0n) is 26.8. The smallest absolute Gasteiger partial charge is 0.167 e. The molecule has 14 heteroatoms. The molecule has 0 unspecified atom stereocenters. The topological polar surface area (TPSA) is 180 Å². The van der Waals surface area contributed by atoms with Gasteiger partial charge < -0.3 is 0 Å². The van der Waals surface area contributed by atoms with Gasteiger partial charge in [-0.25, -0.2) is 69.8 Å². The molecule has 0 aliphatic carbocycles. The molecule has 6 aromatic heterocycles. The van der Waals surface area contributed by atoms with Gasteiger partial charge in [0.25, 0.3) is 0 Å². The number of hydrogen-bond acceptors (Lipinski definition) is 14. The lowest BCUT2D eigenvalue weighted by molar-refractivity contribution is 1.05. The lowest BCUT2D eigenvalue weighted by Crippen LogP contribution is -2.02. The fourth-order valence-electron chi connectivity index (χ4n) is 6.36. The molecule has 0 saturated carbocycles. The van der Waals surface area contributed by atoms with Crippen LogP contribution < -0.4 is 0 Å². The van der Waals surface area contributed by atoms with Gasteiger partial charge in [0.1, 0.15) is 25.3 Å². The van der Waals surface area contributed by atoms with Crippen molar-refractivity contribution >= 4 is 32.3 Å². The van der Waals surface area contributed by atoms with E-state index in [1.807, 2.05) is 12.1 Å². The number of hydrogen-bond donors (Lipinski definition) is 0. The Kier molecular flexibility index (Phi) is 6.73. The summed E-state index contributed by atoms with van der Waals surface area (Å²) in [6.45, 7) is 0. The van der Waals surface area contributed by atoms with E-state index in [-0.39, 0.29) is 0 Å². The molecule has 0 spiro atoms. The van der Waals surface area contributed by atoms with Crippen molar-refractivity contribution < 1.29 is 0 Å². The molecule has 0 bridgehead atoms. The summed E-state index contributed by atoms with van der Waals surface area (Å²) in [5.74, 6) is 2.73. The molecule has 14 nitrogen and oxygen atoms in total. The van der Waals surface area contributed by atoms with Crippen LogP contribution in [0, 0.1) is 0 Å². The number of nitrogens with zero attached hydrogens (tertiary/aromatic N) is 14. The Bertz CT molecular complexity index is 2580. The van der Waals surface area contributed by atoms with E-state index in [1.165, 1.54) is 25.3 Å². The molecule has 242 valence electrons. The van der Waals surface area contributed by atoms with Crippen molar-refractivity contribution in [2.75, 3.05) is 0 Å². The van der Waals surface area contributed by atoms with Crippen molar-refractivity contribution in [3.8, 4) is 68.3 Å². The third-order valence-corrected chi connectivity index (χ3v) is 8.69. The van der Waals surface area contributed by atoms with E-state index in [4.69, 9.17) is 29.9 Å². The molecule has 0 N–H and O–H groups in total. The molecule has 0 saturated heterocycles. The second kappa shape index (κ2) is 12.0. The molecular formula is C38H20N14. The van der Waals surface area contributed by atoms with E-state index in [0.717, 1.165) is 43.4 Å². The van der Waals surface area contributed by atoms with Gasteiger partial charge in [-0.15, -0.1) is 0 Å². The van der Waals surface area contributed by atoms with Crippen LogP contribution in [0.1, 0.15) is 0 Å². The first kappa shape index (κ1) is 29.2. The highest BCUT2D eigenvalue weighted by Crippen LogP contribution is 2.42. The van der Waals surface area contributed by atoms with E-state index >= 15 is 0 Å². The van der Waals surface area contributed by atoms with Crippen LogP contribution in [0.15, 0.2) is 123 Å². The van der Waals surface area contributed by atoms with Gasteiger partial charge in [-0.05, 0) is 44.5 Å². The number of aromatic nitrogens is 14. The molecule has 10 rings (SSSR count). The molecule has 0 fully saturated rings. The second-order valence-corrected chi connectivity index (χ2v) is 11.8. The average molecular weight is 673 g/mol. The van der Waals surface area contributed by atoms with Gasteiger partial charge in [-0.3, -0.25) is 0 Å². The van der Waals surface area contributed by atoms with Crippen molar-refractivity contribution in [1.82, 2.24) is 69.8 Å². The first-order valence-electron chi connectivity index (χ1n) is 16.0. The van der Waals surface area contributed by atoms with Gasteiger partial charge >= 0.3 is 0 Å². The maximum absolute atomic E-state index is 4.93. The molecular weight excluding hydrogens is 653 g/mol. The maximum atomic E-state index is 4.93. The summed E-state index contributed by atoms with van der Waals surface area (Å²) in [6.07, 6.45) is 19.3. The fourth-order valence-corrected chi connectivity index (χ4v) is 6.36. The van der Waals surface area contributed by atoms with Crippen LogP contribution >= 0.6 is 0 Å². The highest BCUT2D eigenvalue weighted by Gasteiger charge is 2.20. The Hall–Kier alpha value is -7.74. The second-order valence-electron chi connectivity index (χ2n) is 11.8. The Morgan fingerprint density at radius 3 is 0.846 bits per heavy atom. The fraction of sp³-hybridized carbons (Fsp3) is 0. The predicted octanol–water partition coefficient (Wildman–Crippen LogP) is 6.12. The van der Waals surface area contributed by atoms with Crippen LogP contribution in [-0.2, 0) is 0 Å². The Labute approximate surface area is 293 Å². The molecule has 0 aliphatic rings. The van der Waals surface area contributed by atoms with E-state index in [1.54, 1.807) is 49.6 Å². The molecule has 0 amide bonds. The molecule has 0 aliphatic heterocycles. The van der Waals surface area contributed by atoms with Crippen LogP contribution in [0.25, 0.3) is 101 Å². The van der Waals surface area contributed by atoms with Gasteiger partial charge in [0, 0.05) is 60.7 Å². The van der Waals surface area contributed by atoms with Crippen LogP contribution in [0.4, 0.5) is 0 Å². The minimum absolute atomic E-state index is 0.437. The van der Waals surface area contributed by atoms with Crippen LogP contribution in [0.2, 0.25) is 0 Å². The predicted molar refractivity (Wildman–Crippen MR) is 192 cm³/mol.